The van der Waals surface area contributed by atoms with Crippen LogP contribution in [-0.2, 0) is 11.2 Å². The minimum absolute atomic E-state index is 0.113. The molecule has 0 aliphatic carbocycles. The number of halogens is 1. The molecule has 6 nitrogen and oxygen atoms in total. The zero-order chi connectivity index (χ0) is 18.4. The van der Waals surface area contributed by atoms with Crippen molar-refractivity contribution < 1.29 is 9.59 Å². The average Bonchev–Trinajstić information content (AvgIpc) is 3.12. The van der Waals surface area contributed by atoms with Crippen LogP contribution >= 0.6 is 27.3 Å². The fraction of sp³-hybridized carbons (Fsp3) is 0.111. The third-order valence-corrected chi connectivity index (χ3v) is 4.90. The lowest BCUT2D eigenvalue weighted by atomic mass is 10.2. The lowest BCUT2D eigenvalue weighted by Crippen LogP contribution is -2.12. The van der Waals surface area contributed by atoms with Gasteiger partial charge in [0.15, 0.2) is 0 Å². The molecule has 0 aliphatic rings. The number of carbonyl (C=O) groups excluding carboxylic acids is 2. The molecule has 2 amide bonds. The van der Waals surface area contributed by atoms with Gasteiger partial charge in [0.2, 0.25) is 10.9 Å². The van der Waals surface area contributed by atoms with E-state index >= 15 is 0 Å². The van der Waals surface area contributed by atoms with Crippen LogP contribution in [0.2, 0.25) is 0 Å². The molecule has 0 fully saturated rings. The van der Waals surface area contributed by atoms with Gasteiger partial charge in [0.05, 0.1) is 0 Å². The summed E-state index contributed by atoms with van der Waals surface area (Å²) >= 11 is 4.54. The number of nitrogens with one attached hydrogen (secondary N) is 2. The number of nitrogens with zero attached hydrogens (tertiary/aromatic N) is 2. The first-order chi connectivity index (χ1) is 12.6. The van der Waals surface area contributed by atoms with E-state index in [0.29, 0.717) is 17.1 Å². The lowest BCUT2D eigenvalue weighted by molar-refractivity contribution is -0.116. The molecule has 2 aromatic carbocycles. The molecular formula is C18H15BrN4O2S. The molecule has 0 bridgehead atoms. The number of anilines is 2. The number of aryl methyl sites for hydroxylation is 1. The summed E-state index contributed by atoms with van der Waals surface area (Å²) in [6, 6.07) is 16.5. The van der Waals surface area contributed by atoms with Gasteiger partial charge in [0.1, 0.15) is 5.01 Å². The summed E-state index contributed by atoms with van der Waals surface area (Å²) in [5.41, 5.74) is 1.43. The first-order valence-corrected chi connectivity index (χ1v) is 9.45. The van der Waals surface area contributed by atoms with Gasteiger partial charge in [-0.25, -0.2) is 0 Å². The van der Waals surface area contributed by atoms with Crippen LogP contribution in [0.1, 0.15) is 21.2 Å². The van der Waals surface area contributed by atoms with E-state index in [2.05, 4.69) is 36.8 Å². The van der Waals surface area contributed by atoms with Crippen LogP contribution in [0.4, 0.5) is 11.4 Å². The van der Waals surface area contributed by atoms with Gasteiger partial charge in [-0.15, -0.1) is 10.2 Å². The third-order valence-electron chi connectivity index (χ3n) is 3.39. The molecule has 0 radical (unpaired) electrons. The molecule has 0 aliphatic heterocycles. The minimum Gasteiger partial charge on any atom is -0.326 e. The maximum atomic E-state index is 12.1. The Hall–Kier alpha value is -2.58. The van der Waals surface area contributed by atoms with Crippen LogP contribution in [0.3, 0.4) is 0 Å². The number of hydrogen-bond acceptors (Lipinski definition) is 5. The number of carbonyl (C=O) groups is 2. The smallest absolute Gasteiger partial charge is 0.286 e. The first-order valence-electron chi connectivity index (χ1n) is 7.84. The van der Waals surface area contributed by atoms with Crippen LogP contribution < -0.4 is 10.6 Å². The number of rotatable bonds is 6. The summed E-state index contributed by atoms with van der Waals surface area (Å²) in [4.78, 5) is 24.2. The highest BCUT2D eigenvalue weighted by atomic mass is 79.9. The van der Waals surface area contributed by atoms with E-state index in [1.807, 2.05) is 42.5 Å². The van der Waals surface area contributed by atoms with E-state index in [0.717, 1.165) is 10.2 Å². The highest BCUT2D eigenvalue weighted by Crippen LogP contribution is 2.16. The van der Waals surface area contributed by atoms with Crippen molar-refractivity contribution in [2.75, 3.05) is 10.6 Å². The number of benzene rings is 2. The Morgan fingerprint density at radius 1 is 0.923 bits per heavy atom. The summed E-state index contributed by atoms with van der Waals surface area (Å²) in [5, 5.41) is 14.4. The molecule has 0 saturated carbocycles. The molecule has 0 spiro atoms. The van der Waals surface area contributed by atoms with Gasteiger partial charge in [0.25, 0.3) is 5.91 Å². The Morgan fingerprint density at radius 2 is 1.62 bits per heavy atom. The molecule has 2 N–H and O–H groups in total. The van der Waals surface area contributed by atoms with Gasteiger partial charge < -0.3 is 10.6 Å². The summed E-state index contributed by atoms with van der Waals surface area (Å²) in [7, 11) is 0. The summed E-state index contributed by atoms with van der Waals surface area (Å²) in [6.45, 7) is 0. The third kappa shape index (κ3) is 5.21. The van der Waals surface area contributed by atoms with E-state index in [4.69, 9.17) is 0 Å². The fourth-order valence-electron chi connectivity index (χ4n) is 2.13. The van der Waals surface area contributed by atoms with Crippen LogP contribution in [-0.4, -0.2) is 22.0 Å². The predicted molar refractivity (Wildman–Crippen MR) is 105 cm³/mol. The molecule has 3 aromatic rings. The molecule has 1 aromatic heterocycles. The molecule has 3 rings (SSSR count). The molecule has 0 atom stereocenters. The normalized spacial score (nSPS) is 10.3. The SMILES string of the molecule is O=C(CCc1nnc(C(=O)Nc2ccccc2)s1)Nc1ccc(Br)cc1. The van der Waals surface area contributed by atoms with Gasteiger partial charge >= 0.3 is 0 Å². The van der Waals surface area contributed by atoms with Gasteiger partial charge in [-0.1, -0.05) is 45.5 Å². The average molecular weight is 431 g/mol. The second kappa shape index (κ2) is 8.68. The maximum absolute atomic E-state index is 12.1. The van der Waals surface area contributed by atoms with Crippen molar-refractivity contribution in [1.82, 2.24) is 10.2 Å². The Morgan fingerprint density at radius 3 is 2.35 bits per heavy atom. The predicted octanol–water partition coefficient (Wildman–Crippen LogP) is 4.12. The van der Waals surface area contributed by atoms with Crippen molar-refractivity contribution in [1.29, 1.82) is 0 Å². The van der Waals surface area contributed by atoms with Crippen LogP contribution in [0, 0.1) is 0 Å². The van der Waals surface area contributed by atoms with E-state index in [1.54, 1.807) is 12.1 Å². The second-order valence-electron chi connectivity index (χ2n) is 5.38. The quantitative estimate of drug-likeness (QED) is 0.615. The van der Waals surface area contributed by atoms with Gasteiger partial charge in [-0.2, -0.15) is 0 Å². The number of para-hydroxylation sites is 1. The van der Waals surface area contributed by atoms with Crippen molar-refractivity contribution in [3.8, 4) is 0 Å². The molecule has 0 unspecified atom stereocenters. The zero-order valence-corrected chi connectivity index (χ0v) is 16.0. The lowest BCUT2D eigenvalue weighted by Gasteiger charge is -2.04. The van der Waals surface area contributed by atoms with Crippen LogP contribution in [0.5, 0.6) is 0 Å². The van der Waals surface area contributed by atoms with E-state index in [1.165, 1.54) is 11.3 Å². The Bertz CT molecular complexity index is 897. The van der Waals surface area contributed by atoms with Crippen LogP contribution in [0.15, 0.2) is 59.1 Å². The minimum atomic E-state index is -0.306. The highest BCUT2D eigenvalue weighted by molar-refractivity contribution is 9.10. The fourth-order valence-corrected chi connectivity index (χ4v) is 3.13. The summed E-state index contributed by atoms with van der Waals surface area (Å²) in [6.07, 6.45) is 0.698. The van der Waals surface area contributed by atoms with Crippen molar-refractivity contribution in [2.24, 2.45) is 0 Å². The standard InChI is InChI=1S/C18H15BrN4O2S/c19-12-6-8-14(9-7-12)20-15(24)10-11-16-22-23-18(26-16)17(25)21-13-4-2-1-3-5-13/h1-9H,10-11H2,(H,20,24)(H,21,25). The summed E-state index contributed by atoms with van der Waals surface area (Å²) < 4.78 is 0.950. The second-order valence-corrected chi connectivity index (χ2v) is 7.35. The summed E-state index contributed by atoms with van der Waals surface area (Å²) in [5.74, 6) is -0.419. The topological polar surface area (TPSA) is 84.0 Å². The number of amides is 2. The van der Waals surface area contributed by atoms with E-state index in [-0.39, 0.29) is 23.2 Å². The van der Waals surface area contributed by atoms with Gasteiger partial charge in [-0.3, -0.25) is 9.59 Å². The van der Waals surface area contributed by atoms with E-state index < -0.39 is 0 Å². The van der Waals surface area contributed by atoms with Crippen molar-refractivity contribution in [2.45, 2.75) is 12.8 Å². The molecule has 0 saturated heterocycles. The largest absolute Gasteiger partial charge is 0.326 e. The van der Waals surface area contributed by atoms with Gasteiger partial charge in [0, 0.05) is 28.7 Å². The molecule has 1 heterocycles. The van der Waals surface area contributed by atoms with Crippen LogP contribution in [0.25, 0.3) is 0 Å². The number of hydrogen-bond donors (Lipinski definition) is 2. The van der Waals surface area contributed by atoms with Crippen molar-refractivity contribution in [3.63, 3.8) is 0 Å². The molecule has 26 heavy (non-hydrogen) atoms. The maximum Gasteiger partial charge on any atom is 0.286 e. The van der Waals surface area contributed by atoms with Crippen molar-refractivity contribution >= 4 is 50.5 Å². The monoisotopic (exact) mass is 430 g/mol. The number of aromatic nitrogens is 2. The Balaban J connectivity index is 1.51. The van der Waals surface area contributed by atoms with E-state index in [9.17, 15) is 9.59 Å². The zero-order valence-electron chi connectivity index (χ0n) is 13.6. The molecular weight excluding hydrogens is 416 g/mol. The Labute approximate surface area is 162 Å². The molecule has 8 heteroatoms. The Kier molecular flexibility index (Phi) is 6.08. The van der Waals surface area contributed by atoms with Gasteiger partial charge in [-0.05, 0) is 36.4 Å². The first kappa shape index (κ1) is 18.2. The highest BCUT2D eigenvalue weighted by Gasteiger charge is 2.14. The molecule has 132 valence electrons. The van der Waals surface area contributed by atoms with Crippen molar-refractivity contribution in [3.05, 3.63) is 69.1 Å².